The number of benzene rings is 2. The van der Waals surface area contributed by atoms with Crippen LogP contribution < -0.4 is 26.7 Å². The SMILES string of the molecule is CCOC(=O)Oc1cc(N)cc(-c2cnc(NC(C)C)c(=O)n2CC(=O)NCc2ccc(C=N)cc2)c1. The molecule has 0 saturated heterocycles. The minimum Gasteiger partial charge on any atom is -0.434 e. The number of carbonyl (C=O) groups is 2. The fourth-order valence-electron chi connectivity index (χ4n) is 3.45. The van der Waals surface area contributed by atoms with Gasteiger partial charge in [0, 0.05) is 36.1 Å². The summed E-state index contributed by atoms with van der Waals surface area (Å²) in [6.45, 7) is 5.49. The largest absolute Gasteiger partial charge is 0.513 e. The number of ether oxygens (including phenoxy) is 2. The molecule has 3 rings (SSSR count). The van der Waals surface area contributed by atoms with E-state index in [1.165, 1.54) is 29.1 Å². The molecule has 1 aromatic heterocycles. The Bertz CT molecular complexity index is 1330. The standard InChI is InChI=1S/C26H30N6O5/c1-4-36-26(35)37-21-10-19(9-20(28)11-21)22-14-30-24(31-16(2)3)25(34)32(22)15-23(33)29-13-18-7-5-17(12-27)6-8-18/h5-12,14,16,27H,4,13,15,28H2,1-3H3,(H,29,33)(H,30,31). The first-order chi connectivity index (χ1) is 17.7. The number of nitrogens with one attached hydrogen (secondary N) is 3. The fourth-order valence-corrected chi connectivity index (χ4v) is 3.45. The number of rotatable bonds is 10. The molecule has 0 unspecified atom stereocenters. The molecule has 3 aromatic rings. The molecule has 0 spiro atoms. The van der Waals surface area contributed by atoms with Crippen LogP contribution in [0.15, 0.2) is 53.5 Å². The summed E-state index contributed by atoms with van der Waals surface area (Å²) in [6.07, 6.45) is 1.81. The highest BCUT2D eigenvalue weighted by Gasteiger charge is 2.17. The van der Waals surface area contributed by atoms with Crippen LogP contribution in [-0.4, -0.2) is 40.5 Å². The van der Waals surface area contributed by atoms with Crippen molar-refractivity contribution in [1.82, 2.24) is 14.9 Å². The van der Waals surface area contributed by atoms with Crippen molar-refractivity contribution < 1.29 is 19.1 Å². The van der Waals surface area contributed by atoms with Gasteiger partial charge in [0.05, 0.1) is 18.5 Å². The maximum atomic E-state index is 13.3. The first kappa shape index (κ1) is 26.9. The van der Waals surface area contributed by atoms with Crippen molar-refractivity contribution in [2.24, 2.45) is 0 Å². The highest BCUT2D eigenvalue weighted by atomic mass is 16.7. The van der Waals surface area contributed by atoms with Gasteiger partial charge in [0.25, 0.3) is 5.56 Å². The van der Waals surface area contributed by atoms with E-state index in [1.807, 2.05) is 26.0 Å². The Morgan fingerprint density at radius 2 is 1.92 bits per heavy atom. The van der Waals surface area contributed by atoms with Crippen molar-refractivity contribution in [1.29, 1.82) is 5.41 Å². The Morgan fingerprint density at radius 3 is 2.57 bits per heavy atom. The number of aromatic nitrogens is 2. The quantitative estimate of drug-likeness (QED) is 0.141. The van der Waals surface area contributed by atoms with Crippen LogP contribution in [0.2, 0.25) is 0 Å². The molecule has 0 saturated carbocycles. The first-order valence-corrected chi connectivity index (χ1v) is 11.7. The Hall–Kier alpha value is -4.67. The van der Waals surface area contributed by atoms with Gasteiger partial charge in [-0.3, -0.25) is 14.2 Å². The topological polar surface area (TPSA) is 161 Å². The lowest BCUT2D eigenvalue weighted by Gasteiger charge is -2.17. The molecule has 2 aromatic carbocycles. The highest BCUT2D eigenvalue weighted by molar-refractivity contribution is 5.78. The molecular formula is C26H30N6O5. The average Bonchev–Trinajstić information content (AvgIpc) is 2.85. The van der Waals surface area contributed by atoms with E-state index in [0.29, 0.717) is 11.3 Å². The van der Waals surface area contributed by atoms with Crippen LogP contribution in [0.5, 0.6) is 5.75 Å². The molecule has 37 heavy (non-hydrogen) atoms. The summed E-state index contributed by atoms with van der Waals surface area (Å²) in [7, 11) is 0. The number of carbonyl (C=O) groups excluding carboxylic acids is 2. The van der Waals surface area contributed by atoms with Crippen LogP contribution in [0.25, 0.3) is 11.3 Å². The predicted molar refractivity (Wildman–Crippen MR) is 141 cm³/mol. The molecule has 0 atom stereocenters. The maximum absolute atomic E-state index is 13.3. The molecule has 0 aliphatic rings. The second-order valence-corrected chi connectivity index (χ2v) is 8.42. The number of nitrogen functional groups attached to an aromatic ring is 1. The van der Waals surface area contributed by atoms with E-state index >= 15 is 0 Å². The zero-order valence-electron chi connectivity index (χ0n) is 20.9. The Kier molecular flexibility index (Phi) is 8.98. The molecule has 0 fully saturated rings. The van der Waals surface area contributed by atoms with E-state index in [0.717, 1.165) is 11.1 Å². The van der Waals surface area contributed by atoms with E-state index in [-0.39, 0.29) is 43.0 Å². The van der Waals surface area contributed by atoms with Crippen LogP contribution in [-0.2, 0) is 22.6 Å². The van der Waals surface area contributed by atoms with Crippen molar-refractivity contribution in [2.75, 3.05) is 17.7 Å². The number of hydrogen-bond donors (Lipinski definition) is 4. The second-order valence-electron chi connectivity index (χ2n) is 8.42. The molecule has 0 aliphatic carbocycles. The first-order valence-electron chi connectivity index (χ1n) is 11.7. The van der Waals surface area contributed by atoms with E-state index in [4.69, 9.17) is 20.6 Å². The molecule has 11 heteroatoms. The fraction of sp³-hybridized carbons (Fsp3) is 0.269. The predicted octanol–water partition coefficient (Wildman–Crippen LogP) is 3.16. The third kappa shape index (κ3) is 7.40. The zero-order chi connectivity index (χ0) is 26.9. The van der Waals surface area contributed by atoms with Crippen LogP contribution in [0.4, 0.5) is 16.3 Å². The summed E-state index contributed by atoms with van der Waals surface area (Å²) >= 11 is 0. The summed E-state index contributed by atoms with van der Waals surface area (Å²) in [4.78, 5) is 42.2. The lowest BCUT2D eigenvalue weighted by Crippen LogP contribution is -2.35. The molecule has 0 aliphatic heterocycles. The Balaban J connectivity index is 1.93. The highest BCUT2D eigenvalue weighted by Crippen LogP contribution is 2.27. The number of anilines is 2. The van der Waals surface area contributed by atoms with Gasteiger partial charge in [0.15, 0.2) is 5.82 Å². The van der Waals surface area contributed by atoms with Gasteiger partial charge >= 0.3 is 6.16 Å². The second kappa shape index (κ2) is 12.3. The van der Waals surface area contributed by atoms with Gasteiger partial charge in [0.2, 0.25) is 5.91 Å². The zero-order valence-corrected chi connectivity index (χ0v) is 20.9. The number of nitrogens with two attached hydrogens (primary N) is 1. The van der Waals surface area contributed by atoms with Gasteiger partial charge in [-0.05, 0) is 44.0 Å². The van der Waals surface area contributed by atoms with Crippen LogP contribution in [0.3, 0.4) is 0 Å². The smallest absolute Gasteiger partial charge is 0.434 e. The summed E-state index contributed by atoms with van der Waals surface area (Å²) in [5, 5.41) is 13.1. The lowest BCUT2D eigenvalue weighted by atomic mass is 10.1. The summed E-state index contributed by atoms with van der Waals surface area (Å²) in [5.74, 6) is -0.177. The molecule has 1 heterocycles. The molecule has 5 N–H and O–H groups in total. The molecule has 11 nitrogen and oxygen atoms in total. The van der Waals surface area contributed by atoms with Gasteiger partial charge < -0.3 is 31.3 Å². The number of amides is 1. The van der Waals surface area contributed by atoms with Crippen LogP contribution in [0, 0.1) is 5.41 Å². The molecule has 194 valence electrons. The van der Waals surface area contributed by atoms with Crippen molar-refractivity contribution >= 4 is 29.8 Å². The van der Waals surface area contributed by atoms with Crippen LogP contribution in [0.1, 0.15) is 31.9 Å². The minimum atomic E-state index is -0.890. The molecular weight excluding hydrogens is 476 g/mol. The molecule has 0 bridgehead atoms. The van der Waals surface area contributed by atoms with Crippen molar-refractivity contribution in [3.8, 4) is 17.0 Å². The summed E-state index contributed by atoms with van der Waals surface area (Å²) < 4.78 is 11.3. The van der Waals surface area contributed by atoms with Gasteiger partial charge in [-0.2, -0.15) is 0 Å². The van der Waals surface area contributed by atoms with Crippen molar-refractivity contribution in [2.45, 2.75) is 39.9 Å². The summed E-state index contributed by atoms with van der Waals surface area (Å²) in [6, 6.07) is 11.7. The van der Waals surface area contributed by atoms with Crippen molar-refractivity contribution in [3.63, 3.8) is 0 Å². The maximum Gasteiger partial charge on any atom is 0.513 e. The van der Waals surface area contributed by atoms with Crippen LogP contribution >= 0.6 is 0 Å². The van der Waals surface area contributed by atoms with Gasteiger partial charge in [-0.15, -0.1) is 0 Å². The monoisotopic (exact) mass is 506 g/mol. The van der Waals surface area contributed by atoms with E-state index < -0.39 is 17.6 Å². The Labute approximate surface area is 214 Å². The third-order valence-electron chi connectivity index (χ3n) is 5.11. The molecule has 0 radical (unpaired) electrons. The van der Waals surface area contributed by atoms with Crippen molar-refractivity contribution in [3.05, 3.63) is 70.1 Å². The number of hydrogen-bond acceptors (Lipinski definition) is 9. The summed E-state index contributed by atoms with van der Waals surface area (Å²) in [5.41, 5.74) is 8.14. The van der Waals surface area contributed by atoms with E-state index in [9.17, 15) is 14.4 Å². The third-order valence-corrected chi connectivity index (χ3v) is 5.11. The van der Waals surface area contributed by atoms with E-state index in [2.05, 4.69) is 15.6 Å². The normalized spacial score (nSPS) is 10.6. The van der Waals surface area contributed by atoms with Gasteiger partial charge in [0.1, 0.15) is 12.3 Å². The van der Waals surface area contributed by atoms with Gasteiger partial charge in [-0.25, -0.2) is 9.78 Å². The number of nitrogens with zero attached hydrogens (tertiary/aromatic N) is 2. The lowest BCUT2D eigenvalue weighted by molar-refractivity contribution is -0.121. The van der Waals surface area contributed by atoms with Gasteiger partial charge in [-0.1, -0.05) is 24.3 Å². The Morgan fingerprint density at radius 1 is 1.19 bits per heavy atom. The van der Waals surface area contributed by atoms with E-state index in [1.54, 1.807) is 25.1 Å². The minimum absolute atomic E-state index is 0.0609. The molecule has 1 amide bonds. The average molecular weight is 507 g/mol.